The zero-order valence-electron chi connectivity index (χ0n) is 9.49. The van der Waals surface area contributed by atoms with Crippen molar-refractivity contribution in [3.05, 3.63) is 29.5 Å². The number of aryl methyl sites for hydroxylation is 1. The highest BCUT2D eigenvalue weighted by atomic mass is 16.5. The van der Waals surface area contributed by atoms with Crippen molar-refractivity contribution < 1.29 is 4.52 Å². The number of nitrogens with two attached hydrogens (primary N) is 1. The van der Waals surface area contributed by atoms with Crippen molar-refractivity contribution in [3.8, 4) is 0 Å². The number of aromatic nitrogens is 1. The molecule has 1 fully saturated rings. The molecule has 1 aliphatic rings. The lowest BCUT2D eigenvalue weighted by atomic mass is 9.88. The largest absolute Gasteiger partial charge is 0.356 e. The summed E-state index contributed by atoms with van der Waals surface area (Å²) in [5.74, 6) is 0. The predicted octanol–water partition coefficient (Wildman–Crippen LogP) is 2.86. The standard InChI is InChI=1S/C13H16N2O/c1-9-10-5-4-6-11(12(10)16-15-9)13(14)7-2-3-8-13/h4-6H,2-3,7-8,14H2,1H3. The summed E-state index contributed by atoms with van der Waals surface area (Å²) in [5.41, 5.74) is 9.22. The first-order valence-corrected chi connectivity index (χ1v) is 5.85. The first-order chi connectivity index (χ1) is 7.71. The average Bonchev–Trinajstić information content (AvgIpc) is 2.87. The lowest BCUT2D eigenvalue weighted by Gasteiger charge is -2.23. The van der Waals surface area contributed by atoms with Gasteiger partial charge in [-0.25, -0.2) is 0 Å². The van der Waals surface area contributed by atoms with E-state index in [-0.39, 0.29) is 5.54 Å². The minimum absolute atomic E-state index is 0.203. The number of fused-ring (bicyclic) bond motifs is 1. The predicted molar refractivity (Wildman–Crippen MR) is 63.1 cm³/mol. The van der Waals surface area contributed by atoms with Gasteiger partial charge in [-0.1, -0.05) is 30.1 Å². The highest BCUT2D eigenvalue weighted by Gasteiger charge is 2.33. The summed E-state index contributed by atoms with van der Waals surface area (Å²) in [6, 6.07) is 6.18. The van der Waals surface area contributed by atoms with Crippen LogP contribution in [0.25, 0.3) is 11.0 Å². The van der Waals surface area contributed by atoms with Crippen LogP contribution in [-0.4, -0.2) is 5.16 Å². The Bertz CT molecular complexity index is 524. The van der Waals surface area contributed by atoms with Gasteiger partial charge < -0.3 is 10.3 Å². The molecule has 0 saturated heterocycles. The van der Waals surface area contributed by atoms with Crippen LogP contribution in [0.2, 0.25) is 0 Å². The number of nitrogens with zero attached hydrogens (tertiary/aromatic N) is 1. The highest BCUT2D eigenvalue weighted by molar-refractivity contribution is 5.83. The lowest BCUT2D eigenvalue weighted by Crippen LogP contribution is -2.33. The Morgan fingerprint density at radius 2 is 2.06 bits per heavy atom. The topological polar surface area (TPSA) is 52.0 Å². The summed E-state index contributed by atoms with van der Waals surface area (Å²) in [4.78, 5) is 0. The molecular formula is C13H16N2O. The van der Waals surface area contributed by atoms with Crippen LogP contribution in [0.1, 0.15) is 36.9 Å². The van der Waals surface area contributed by atoms with Crippen molar-refractivity contribution in [2.24, 2.45) is 5.73 Å². The Balaban J connectivity index is 2.23. The molecule has 0 bridgehead atoms. The van der Waals surface area contributed by atoms with Crippen LogP contribution in [0.5, 0.6) is 0 Å². The summed E-state index contributed by atoms with van der Waals surface area (Å²) in [6.07, 6.45) is 4.51. The zero-order chi connectivity index (χ0) is 11.2. The van der Waals surface area contributed by atoms with Crippen molar-refractivity contribution in [2.75, 3.05) is 0 Å². The van der Waals surface area contributed by atoms with Gasteiger partial charge in [0.2, 0.25) is 0 Å². The number of rotatable bonds is 1. The molecule has 0 radical (unpaired) electrons. The van der Waals surface area contributed by atoms with E-state index in [1.807, 2.05) is 13.0 Å². The molecule has 1 saturated carbocycles. The van der Waals surface area contributed by atoms with Gasteiger partial charge in [0.25, 0.3) is 0 Å². The van der Waals surface area contributed by atoms with E-state index < -0.39 is 0 Å². The molecule has 2 aromatic rings. The maximum atomic E-state index is 6.47. The van der Waals surface area contributed by atoms with Gasteiger partial charge in [0.05, 0.1) is 5.69 Å². The third-order valence-electron chi connectivity index (χ3n) is 3.71. The molecule has 1 aromatic heterocycles. The first kappa shape index (κ1) is 9.85. The molecule has 0 unspecified atom stereocenters. The van der Waals surface area contributed by atoms with E-state index in [0.29, 0.717) is 0 Å². The molecule has 0 atom stereocenters. The van der Waals surface area contributed by atoms with Crippen LogP contribution >= 0.6 is 0 Å². The first-order valence-electron chi connectivity index (χ1n) is 5.85. The molecule has 1 aromatic carbocycles. The van der Waals surface area contributed by atoms with E-state index in [1.165, 1.54) is 12.8 Å². The van der Waals surface area contributed by atoms with Crippen molar-refractivity contribution in [2.45, 2.75) is 38.1 Å². The summed E-state index contributed by atoms with van der Waals surface area (Å²) < 4.78 is 5.43. The van der Waals surface area contributed by atoms with Crippen LogP contribution in [0.15, 0.2) is 22.7 Å². The van der Waals surface area contributed by atoms with E-state index in [9.17, 15) is 0 Å². The van der Waals surface area contributed by atoms with E-state index in [0.717, 1.165) is 35.1 Å². The normalized spacial score (nSPS) is 19.4. The molecule has 0 aliphatic heterocycles. The highest BCUT2D eigenvalue weighted by Crippen LogP contribution is 2.39. The van der Waals surface area contributed by atoms with Crippen LogP contribution in [0.4, 0.5) is 0 Å². The van der Waals surface area contributed by atoms with Crippen molar-refractivity contribution in [3.63, 3.8) is 0 Å². The van der Waals surface area contributed by atoms with Gasteiger partial charge in [-0.2, -0.15) is 0 Å². The Morgan fingerprint density at radius 3 is 2.81 bits per heavy atom. The Kier molecular flexibility index (Phi) is 2.04. The van der Waals surface area contributed by atoms with E-state index in [4.69, 9.17) is 10.3 Å². The molecule has 3 heteroatoms. The summed E-state index contributed by atoms with van der Waals surface area (Å²) >= 11 is 0. The molecule has 0 amide bonds. The molecule has 3 nitrogen and oxygen atoms in total. The molecule has 16 heavy (non-hydrogen) atoms. The quantitative estimate of drug-likeness (QED) is 0.797. The van der Waals surface area contributed by atoms with Crippen LogP contribution < -0.4 is 5.73 Å². The lowest BCUT2D eigenvalue weighted by molar-refractivity contribution is 0.421. The van der Waals surface area contributed by atoms with Crippen molar-refractivity contribution >= 4 is 11.0 Å². The van der Waals surface area contributed by atoms with Gasteiger partial charge in [-0.15, -0.1) is 0 Å². The summed E-state index contributed by atoms with van der Waals surface area (Å²) in [5, 5.41) is 5.12. The molecule has 84 valence electrons. The zero-order valence-corrected chi connectivity index (χ0v) is 9.49. The molecule has 3 rings (SSSR count). The fourth-order valence-corrected chi connectivity index (χ4v) is 2.75. The van der Waals surface area contributed by atoms with E-state index in [1.54, 1.807) is 0 Å². The van der Waals surface area contributed by atoms with E-state index in [2.05, 4.69) is 17.3 Å². The minimum atomic E-state index is -0.203. The molecule has 1 aliphatic carbocycles. The van der Waals surface area contributed by atoms with Gasteiger partial charge in [-0.3, -0.25) is 0 Å². The summed E-state index contributed by atoms with van der Waals surface area (Å²) in [6.45, 7) is 1.97. The SMILES string of the molecule is Cc1noc2c(C3(N)CCCC3)cccc12. The average molecular weight is 216 g/mol. The van der Waals surface area contributed by atoms with E-state index >= 15 is 0 Å². The monoisotopic (exact) mass is 216 g/mol. The second-order valence-corrected chi connectivity index (χ2v) is 4.81. The molecule has 1 heterocycles. The minimum Gasteiger partial charge on any atom is -0.356 e. The second-order valence-electron chi connectivity index (χ2n) is 4.81. The summed E-state index contributed by atoms with van der Waals surface area (Å²) in [7, 11) is 0. The third kappa shape index (κ3) is 1.28. The van der Waals surface area contributed by atoms with Crippen LogP contribution in [0.3, 0.4) is 0 Å². The van der Waals surface area contributed by atoms with Gasteiger partial charge in [0.15, 0.2) is 5.58 Å². The Labute approximate surface area is 94.6 Å². The van der Waals surface area contributed by atoms with Crippen molar-refractivity contribution in [1.29, 1.82) is 0 Å². The molecule has 2 N–H and O–H groups in total. The van der Waals surface area contributed by atoms with Gasteiger partial charge in [0, 0.05) is 16.5 Å². The number of hydrogen-bond acceptors (Lipinski definition) is 3. The number of para-hydroxylation sites is 1. The maximum absolute atomic E-state index is 6.47. The number of hydrogen-bond donors (Lipinski definition) is 1. The smallest absolute Gasteiger partial charge is 0.172 e. The van der Waals surface area contributed by atoms with Crippen molar-refractivity contribution in [1.82, 2.24) is 5.16 Å². The molecular weight excluding hydrogens is 200 g/mol. The van der Waals surface area contributed by atoms with Gasteiger partial charge in [-0.05, 0) is 25.8 Å². The number of benzene rings is 1. The fraction of sp³-hybridized carbons (Fsp3) is 0.462. The fourth-order valence-electron chi connectivity index (χ4n) is 2.75. The second kappa shape index (κ2) is 3.32. The third-order valence-corrected chi connectivity index (χ3v) is 3.71. The maximum Gasteiger partial charge on any atom is 0.172 e. The Morgan fingerprint density at radius 1 is 1.31 bits per heavy atom. The van der Waals surface area contributed by atoms with Crippen LogP contribution in [-0.2, 0) is 5.54 Å². The van der Waals surface area contributed by atoms with Crippen LogP contribution in [0, 0.1) is 6.92 Å². The molecule has 0 spiro atoms. The Hall–Kier alpha value is -1.35. The van der Waals surface area contributed by atoms with Gasteiger partial charge in [0.1, 0.15) is 0 Å². The van der Waals surface area contributed by atoms with Gasteiger partial charge >= 0.3 is 0 Å².